The van der Waals surface area contributed by atoms with E-state index in [9.17, 15) is 9.59 Å². The molecule has 0 aromatic carbocycles. The quantitative estimate of drug-likeness (QED) is 0.564. The van der Waals surface area contributed by atoms with Gasteiger partial charge in [0.25, 0.3) is 0 Å². The van der Waals surface area contributed by atoms with Crippen molar-refractivity contribution >= 4 is 11.8 Å². The lowest BCUT2D eigenvalue weighted by molar-refractivity contribution is -0.127. The number of nitrogens with two attached hydrogens (primary N) is 1. The molecule has 0 aromatic heterocycles. The van der Waals surface area contributed by atoms with Gasteiger partial charge < -0.3 is 16.4 Å². The molecule has 0 radical (unpaired) electrons. The Morgan fingerprint density at radius 1 is 1.40 bits per heavy atom. The van der Waals surface area contributed by atoms with Crippen LogP contribution in [0.15, 0.2) is 0 Å². The summed E-state index contributed by atoms with van der Waals surface area (Å²) in [6.07, 6.45) is 0. The van der Waals surface area contributed by atoms with Gasteiger partial charge in [-0.15, -0.1) is 0 Å². The molecule has 15 heavy (non-hydrogen) atoms. The molecule has 0 aliphatic carbocycles. The Labute approximate surface area is 90.8 Å². The number of carbonyl (C=O) groups is 2. The number of rotatable bonds is 6. The molecule has 0 heterocycles. The Morgan fingerprint density at radius 3 is 2.33 bits per heavy atom. The molecule has 1 unspecified atom stereocenters. The van der Waals surface area contributed by atoms with Gasteiger partial charge in [0.2, 0.25) is 11.8 Å². The van der Waals surface area contributed by atoms with Crippen LogP contribution >= 0.6 is 0 Å². The summed E-state index contributed by atoms with van der Waals surface area (Å²) >= 11 is 0. The number of hydrogen-bond donors (Lipinski definition) is 3. The summed E-state index contributed by atoms with van der Waals surface area (Å²) in [6.45, 7) is 8.09. The number of likely N-dealkylation sites (N-methyl/N-ethyl adjacent to an activating group) is 1. The fourth-order valence-electron chi connectivity index (χ4n) is 0.915. The SMILES string of the molecule is CCNC(=O)C(C)NCC(C)(C)C(N)=O. The third-order valence-corrected chi connectivity index (χ3v) is 2.26. The van der Waals surface area contributed by atoms with Gasteiger partial charge in [-0.3, -0.25) is 9.59 Å². The van der Waals surface area contributed by atoms with Crippen molar-refractivity contribution in [2.45, 2.75) is 33.7 Å². The van der Waals surface area contributed by atoms with Crippen molar-refractivity contribution in [3.63, 3.8) is 0 Å². The highest BCUT2D eigenvalue weighted by atomic mass is 16.2. The van der Waals surface area contributed by atoms with Crippen LogP contribution in [0.3, 0.4) is 0 Å². The minimum absolute atomic E-state index is 0.0715. The van der Waals surface area contributed by atoms with Gasteiger partial charge in [-0.05, 0) is 27.7 Å². The maximum absolute atomic E-state index is 11.3. The summed E-state index contributed by atoms with van der Waals surface area (Å²) in [5, 5.41) is 5.67. The summed E-state index contributed by atoms with van der Waals surface area (Å²) in [6, 6.07) is -0.316. The minimum atomic E-state index is -0.638. The molecular weight excluding hydrogens is 194 g/mol. The van der Waals surface area contributed by atoms with Crippen LogP contribution in [-0.2, 0) is 9.59 Å². The summed E-state index contributed by atoms with van der Waals surface area (Å²) in [5.41, 5.74) is 4.57. The second-order valence-electron chi connectivity index (χ2n) is 4.25. The minimum Gasteiger partial charge on any atom is -0.369 e. The molecule has 0 fully saturated rings. The molecule has 0 saturated carbocycles. The molecular formula is C10H21N3O2. The van der Waals surface area contributed by atoms with Crippen LogP contribution in [-0.4, -0.2) is 30.9 Å². The zero-order valence-corrected chi connectivity index (χ0v) is 9.89. The van der Waals surface area contributed by atoms with Gasteiger partial charge in [0.15, 0.2) is 0 Å². The fraction of sp³-hybridized carbons (Fsp3) is 0.800. The summed E-state index contributed by atoms with van der Waals surface area (Å²) in [5.74, 6) is -0.448. The summed E-state index contributed by atoms with van der Waals surface area (Å²) in [7, 11) is 0. The van der Waals surface area contributed by atoms with Crippen LogP contribution in [0.1, 0.15) is 27.7 Å². The standard InChI is InChI=1S/C10H21N3O2/c1-5-12-8(14)7(2)13-6-10(3,4)9(11)15/h7,13H,5-6H2,1-4H3,(H2,11,15)(H,12,14). The molecule has 0 saturated heterocycles. The molecule has 2 amide bonds. The van der Waals surface area contributed by atoms with Gasteiger partial charge in [0.1, 0.15) is 0 Å². The summed E-state index contributed by atoms with van der Waals surface area (Å²) < 4.78 is 0. The molecule has 4 N–H and O–H groups in total. The maximum atomic E-state index is 11.3. The van der Waals surface area contributed by atoms with Gasteiger partial charge in [0, 0.05) is 13.1 Å². The van der Waals surface area contributed by atoms with Crippen LogP contribution in [0.25, 0.3) is 0 Å². The van der Waals surface area contributed by atoms with Crippen molar-refractivity contribution in [2.24, 2.45) is 11.1 Å². The number of amides is 2. The lowest BCUT2D eigenvalue weighted by atomic mass is 9.92. The molecule has 1 atom stereocenters. The molecule has 0 spiro atoms. The molecule has 5 nitrogen and oxygen atoms in total. The predicted octanol–water partition coefficient (Wildman–Crippen LogP) is -0.388. The number of hydrogen-bond acceptors (Lipinski definition) is 3. The zero-order chi connectivity index (χ0) is 12.1. The van der Waals surface area contributed by atoms with Crippen LogP contribution in [0, 0.1) is 5.41 Å². The smallest absolute Gasteiger partial charge is 0.236 e. The lowest BCUT2D eigenvalue weighted by Crippen LogP contribution is -2.48. The molecule has 88 valence electrons. The van der Waals surface area contributed by atoms with Crippen LogP contribution in [0.4, 0.5) is 0 Å². The molecule has 0 aliphatic rings. The first-order chi connectivity index (χ1) is 6.81. The van der Waals surface area contributed by atoms with Crippen molar-refractivity contribution < 1.29 is 9.59 Å². The van der Waals surface area contributed by atoms with E-state index >= 15 is 0 Å². The third-order valence-electron chi connectivity index (χ3n) is 2.26. The van der Waals surface area contributed by atoms with Gasteiger partial charge in [-0.2, -0.15) is 0 Å². The van der Waals surface area contributed by atoms with E-state index < -0.39 is 5.41 Å². The zero-order valence-electron chi connectivity index (χ0n) is 9.89. The fourth-order valence-corrected chi connectivity index (χ4v) is 0.915. The van der Waals surface area contributed by atoms with E-state index in [2.05, 4.69) is 10.6 Å². The van der Waals surface area contributed by atoms with E-state index in [-0.39, 0.29) is 17.9 Å². The molecule has 0 rings (SSSR count). The van der Waals surface area contributed by atoms with E-state index in [1.807, 2.05) is 6.92 Å². The summed E-state index contributed by atoms with van der Waals surface area (Å²) in [4.78, 5) is 22.4. The first kappa shape index (κ1) is 13.9. The van der Waals surface area contributed by atoms with Gasteiger partial charge in [-0.25, -0.2) is 0 Å². The van der Waals surface area contributed by atoms with E-state index in [1.54, 1.807) is 20.8 Å². The van der Waals surface area contributed by atoms with Crippen molar-refractivity contribution in [2.75, 3.05) is 13.1 Å². The predicted molar refractivity (Wildman–Crippen MR) is 59.1 cm³/mol. The largest absolute Gasteiger partial charge is 0.369 e. The number of primary amides is 1. The van der Waals surface area contributed by atoms with Crippen molar-refractivity contribution in [1.82, 2.24) is 10.6 Å². The van der Waals surface area contributed by atoms with E-state index in [1.165, 1.54) is 0 Å². The Balaban J connectivity index is 4.05. The van der Waals surface area contributed by atoms with Crippen molar-refractivity contribution in [1.29, 1.82) is 0 Å². The van der Waals surface area contributed by atoms with Crippen molar-refractivity contribution in [3.05, 3.63) is 0 Å². The van der Waals surface area contributed by atoms with E-state index in [0.29, 0.717) is 13.1 Å². The van der Waals surface area contributed by atoms with Crippen LogP contribution in [0.2, 0.25) is 0 Å². The Morgan fingerprint density at radius 2 is 1.93 bits per heavy atom. The highest BCUT2D eigenvalue weighted by Gasteiger charge is 2.26. The highest BCUT2D eigenvalue weighted by molar-refractivity contribution is 5.82. The highest BCUT2D eigenvalue weighted by Crippen LogP contribution is 2.11. The first-order valence-corrected chi connectivity index (χ1v) is 5.12. The van der Waals surface area contributed by atoms with E-state index in [0.717, 1.165) is 0 Å². The Hall–Kier alpha value is -1.10. The number of carbonyl (C=O) groups excluding carboxylic acids is 2. The average molecular weight is 215 g/mol. The normalized spacial score (nSPS) is 13.3. The van der Waals surface area contributed by atoms with Crippen LogP contribution in [0.5, 0.6) is 0 Å². The molecule has 0 aliphatic heterocycles. The van der Waals surface area contributed by atoms with Gasteiger partial charge >= 0.3 is 0 Å². The molecule has 5 heteroatoms. The molecule has 0 bridgehead atoms. The Bertz CT molecular complexity index is 239. The van der Waals surface area contributed by atoms with Gasteiger partial charge in [0.05, 0.1) is 11.5 Å². The Kier molecular flexibility index (Phi) is 5.28. The first-order valence-electron chi connectivity index (χ1n) is 5.12. The average Bonchev–Trinajstić information content (AvgIpc) is 2.14. The third kappa shape index (κ3) is 4.78. The number of nitrogens with one attached hydrogen (secondary N) is 2. The monoisotopic (exact) mass is 215 g/mol. The van der Waals surface area contributed by atoms with Crippen LogP contribution < -0.4 is 16.4 Å². The van der Waals surface area contributed by atoms with E-state index in [4.69, 9.17) is 5.73 Å². The van der Waals surface area contributed by atoms with Crippen molar-refractivity contribution in [3.8, 4) is 0 Å². The van der Waals surface area contributed by atoms with Gasteiger partial charge in [-0.1, -0.05) is 0 Å². The lowest BCUT2D eigenvalue weighted by Gasteiger charge is -2.23. The topological polar surface area (TPSA) is 84.2 Å². The second-order valence-corrected chi connectivity index (χ2v) is 4.25. The maximum Gasteiger partial charge on any atom is 0.236 e. The second kappa shape index (κ2) is 5.70. The molecule has 0 aromatic rings.